The first kappa shape index (κ1) is 32.7. The van der Waals surface area contributed by atoms with Gasteiger partial charge in [-0.05, 0) is 85.3 Å². The minimum absolute atomic E-state index is 0.192. The zero-order valence-electron chi connectivity index (χ0n) is 23.2. The fourth-order valence-corrected chi connectivity index (χ4v) is 5.17. The minimum atomic E-state index is -4.64. The molecule has 11 heteroatoms. The van der Waals surface area contributed by atoms with Gasteiger partial charge in [-0.2, -0.15) is 13.2 Å². The monoisotopic (exact) mass is 603 g/mol. The van der Waals surface area contributed by atoms with Gasteiger partial charge in [0.05, 0.1) is 11.3 Å². The number of nitrogens with one attached hydrogen (secondary N) is 2. The number of fused-ring (bicyclic) bond motifs is 1. The lowest BCUT2D eigenvalue weighted by atomic mass is 9.77. The Morgan fingerprint density at radius 2 is 1.67 bits per heavy atom. The molecule has 3 aromatic carbocycles. The lowest BCUT2D eigenvalue weighted by Gasteiger charge is -2.29. The van der Waals surface area contributed by atoms with Crippen molar-refractivity contribution >= 4 is 41.8 Å². The standard InChI is InChI=1S/C29H26F4N2O.CH5NS.CH2O2/c1-35-14-13-22-15-21(9-12-27(22)35)19-7-5-18(6-8-19)20-3-2-4-23(16-20)28(36)34-26-11-10-24(17-25(26)30)29(31,32)33;1-2-3;2-1-3/h5-15,17,20,23H,2-4,16H2,1H3,(H,34,36);2-3H,1H3;1H,(H,2,3). The SMILES string of the molecule is CNS.Cn1ccc2cc(-c3ccc(C4CCCC(C(=O)Nc5ccc(C(F)(F)F)cc5F)C4)cc3)ccc21.O=CO. The number of hydrogen-bond acceptors (Lipinski definition) is 4. The van der Waals surface area contributed by atoms with Gasteiger partial charge in [0.1, 0.15) is 5.82 Å². The van der Waals surface area contributed by atoms with Crippen molar-refractivity contribution in [2.24, 2.45) is 13.0 Å². The first-order valence-electron chi connectivity index (χ1n) is 13.2. The van der Waals surface area contributed by atoms with E-state index in [0.29, 0.717) is 18.9 Å². The zero-order valence-corrected chi connectivity index (χ0v) is 24.1. The fourth-order valence-electron chi connectivity index (χ4n) is 5.17. The number of alkyl halides is 3. The molecule has 0 aliphatic heterocycles. The normalized spacial score (nSPS) is 16.5. The molecule has 224 valence electrons. The topological polar surface area (TPSA) is 83.4 Å². The third-order valence-corrected chi connectivity index (χ3v) is 7.20. The highest BCUT2D eigenvalue weighted by Crippen LogP contribution is 2.38. The van der Waals surface area contributed by atoms with Gasteiger partial charge in [0.25, 0.3) is 6.47 Å². The van der Waals surface area contributed by atoms with E-state index in [4.69, 9.17) is 9.90 Å². The fraction of sp³-hybridized carbons (Fsp3) is 0.290. The van der Waals surface area contributed by atoms with Crippen molar-refractivity contribution < 1.29 is 32.3 Å². The number of thiol groups is 1. The lowest BCUT2D eigenvalue weighted by molar-refractivity contribution is -0.137. The van der Waals surface area contributed by atoms with Crippen LogP contribution in [0.5, 0.6) is 0 Å². The summed E-state index contributed by atoms with van der Waals surface area (Å²) in [4.78, 5) is 21.2. The van der Waals surface area contributed by atoms with Crippen LogP contribution in [0.25, 0.3) is 22.0 Å². The van der Waals surface area contributed by atoms with Crippen LogP contribution in [0.4, 0.5) is 23.2 Å². The molecule has 3 N–H and O–H groups in total. The van der Waals surface area contributed by atoms with Gasteiger partial charge < -0.3 is 15.0 Å². The summed E-state index contributed by atoms with van der Waals surface area (Å²) in [5.74, 6) is -1.58. The summed E-state index contributed by atoms with van der Waals surface area (Å²) in [6, 6.07) is 19.1. The molecular weight excluding hydrogens is 570 g/mol. The van der Waals surface area contributed by atoms with Gasteiger partial charge in [-0.1, -0.05) is 49.6 Å². The Bertz CT molecular complexity index is 1490. The number of carbonyl (C=O) groups excluding carboxylic acids is 1. The predicted molar refractivity (Wildman–Crippen MR) is 160 cm³/mol. The van der Waals surface area contributed by atoms with Crippen LogP contribution in [0.3, 0.4) is 0 Å². The third kappa shape index (κ3) is 8.36. The number of carboxylic acid groups (broad SMARTS) is 1. The molecule has 0 radical (unpaired) electrons. The molecule has 6 nitrogen and oxygen atoms in total. The van der Waals surface area contributed by atoms with Crippen molar-refractivity contribution in [3.05, 3.63) is 89.9 Å². The number of aryl methyl sites for hydroxylation is 1. The van der Waals surface area contributed by atoms with Crippen molar-refractivity contribution in [1.82, 2.24) is 9.29 Å². The van der Waals surface area contributed by atoms with Crippen molar-refractivity contribution in [2.75, 3.05) is 12.4 Å². The quantitative estimate of drug-likeness (QED) is 0.110. The van der Waals surface area contributed by atoms with Crippen LogP contribution < -0.4 is 10.0 Å². The molecule has 2 unspecified atom stereocenters. The molecule has 0 bridgehead atoms. The highest BCUT2D eigenvalue weighted by molar-refractivity contribution is 7.78. The number of carbonyl (C=O) groups is 2. The van der Waals surface area contributed by atoms with Crippen LogP contribution >= 0.6 is 12.8 Å². The summed E-state index contributed by atoms with van der Waals surface area (Å²) in [5.41, 5.74) is 3.28. The van der Waals surface area contributed by atoms with Crippen LogP contribution in [0.1, 0.15) is 42.7 Å². The number of rotatable bonds is 4. The molecule has 2 atom stereocenters. The molecule has 0 saturated heterocycles. The number of aromatic nitrogens is 1. The molecule has 0 spiro atoms. The molecule has 1 aromatic heterocycles. The van der Waals surface area contributed by atoms with Gasteiger partial charge in [-0.3, -0.25) is 14.3 Å². The molecule has 1 fully saturated rings. The average Bonchev–Trinajstić information content (AvgIpc) is 3.34. The van der Waals surface area contributed by atoms with E-state index in [2.05, 4.69) is 76.0 Å². The summed E-state index contributed by atoms with van der Waals surface area (Å²) in [5, 5.41) is 10.6. The number of anilines is 1. The molecule has 1 saturated carbocycles. The maximum atomic E-state index is 14.2. The number of halogens is 4. The maximum absolute atomic E-state index is 14.2. The van der Waals surface area contributed by atoms with E-state index < -0.39 is 17.6 Å². The average molecular weight is 604 g/mol. The molecule has 4 aromatic rings. The largest absolute Gasteiger partial charge is 0.483 e. The van der Waals surface area contributed by atoms with Crippen LogP contribution in [0.15, 0.2) is 72.9 Å². The van der Waals surface area contributed by atoms with E-state index in [9.17, 15) is 22.4 Å². The maximum Gasteiger partial charge on any atom is 0.416 e. The second kappa shape index (κ2) is 14.9. The van der Waals surface area contributed by atoms with Gasteiger partial charge >= 0.3 is 6.18 Å². The minimum Gasteiger partial charge on any atom is -0.483 e. The Hall–Kier alpha value is -3.83. The van der Waals surface area contributed by atoms with Gasteiger partial charge in [-0.15, -0.1) is 0 Å². The number of amides is 1. The Labute approximate surface area is 247 Å². The molecule has 1 heterocycles. The van der Waals surface area contributed by atoms with Crippen LogP contribution in [0, 0.1) is 11.7 Å². The van der Waals surface area contributed by atoms with Gasteiger partial charge in [0.2, 0.25) is 5.91 Å². The van der Waals surface area contributed by atoms with E-state index in [1.165, 1.54) is 10.9 Å². The Morgan fingerprint density at radius 1 is 1.02 bits per heavy atom. The second-order valence-corrected chi connectivity index (χ2v) is 10.3. The summed E-state index contributed by atoms with van der Waals surface area (Å²) in [7, 11) is 3.76. The molecule has 42 heavy (non-hydrogen) atoms. The Kier molecular flexibility index (Phi) is 11.6. The predicted octanol–water partition coefficient (Wildman–Crippen LogP) is 7.67. The first-order valence-corrected chi connectivity index (χ1v) is 13.7. The summed E-state index contributed by atoms with van der Waals surface area (Å²) < 4.78 is 57.1. The highest BCUT2D eigenvalue weighted by Gasteiger charge is 2.32. The summed E-state index contributed by atoms with van der Waals surface area (Å²) >= 11 is 3.54. The van der Waals surface area contributed by atoms with Gasteiger partial charge in [0, 0.05) is 30.1 Å². The molecule has 5 rings (SSSR count). The van der Waals surface area contributed by atoms with Crippen LogP contribution in [-0.4, -0.2) is 29.1 Å². The molecule has 1 aliphatic rings. The molecular formula is C31H33F4N3O3S. The van der Waals surface area contributed by atoms with Crippen LogP contribution in [-0.2, 0) is 22.8 Å². The second-order valence-electron chi connectivity index (χ2n) is 9.89. The van der Waals surface area contributed by atoms with Crippen molar-refractivity contribution in [3.63, 3.8) is 0 Å². The number of nitrogens with zero attached hydrogens (tertiary/aromatic N) is 1. The van der Waals surface area contributed by atoms with E-state index in [0.717, 1.165) is 41.7 Å². The van der Waals surface area contributed by atoms with E-state index in [-0.39, 0.29) is 29.9 Å². The van der Waals surface area contributed by atoms with Crippen molar-refractivity contribution in [2.45, 2.75) is 37.8 Å². The Morgan fingerprint density at radius 3 is 2.29 bits per heavy atom. The lowest BCUT2D eigenvalue weighted by Crippen LogP contribution is -2.28. The van der Waals surface area contributed by atoms with Gasteiger partial charge in [0.15, 0.2) is 0 Å². The van der Waals surface area contributed by atoms with E-state index >= 15 is 0 Å². The Balaban J connectivity index is 0.000000745. The van der Waals surface area contributed by atoms with Crippen LogP contribution in [0.2, 0.25) is 0 Å². The number of benzene rings is 3. The molecule has 1 amide bonds. The highest BCUT2D eigenvalue weighted by atomic mass is 32.1. The number of hydrogen-bond donors (Lipinski definition) is 4. The smallest absolute Gasteiger partial charge is 0.416 e. The summed E-state index contributed by atoms with van der Waals surface area (Å²) in [6.45, 7) is -0.250. The van der Waals surface area contributed by atoms with E-state index in [1.54, 1.807) is 7.05 Å². The third-order valence-electron chi connectivity index (χ3n) is 7.20. The van der Waals surface area contributed by atoms with Gasteiger partial charge in [-0.25, -0.2) is 4.39 Å². The zero-order chi connectivity index (χ0) is 30.9. The van der Waals surface area contributed by atoms with Crippen molar-refractivity contribution in [1.29, 1.82) is 0 Å². The molecule has 1 aliphatic carbocycles. The van der Waals surface area contributed by atoms with Crippen molar-refractivity contribution in [3.8, 4) is 11.1 Å². The van der Waals surface area contributed by atoms with E-state index in [1.807, 2.05) is 13.2 Å². The first-order chi connectivity index (χ1) is 20.0. The summed E-state index contributed by atoms with van der Waals surface area (Å²) in [6.07, 6.45) is 0.491.